The fourth-order valence-corrected chi connectivity index (χ4v) is 6.53. The Kier molecular flexibility index (Phi) is 6.14. The second-order valence-corrected chi connectivity index (χ2v) is 11.7. The molecule has 0 saturated heterocycles. The van der Waals surface area contributed by atoms with Crippen LogP contribution in [-0.4, -0.2) is 15.0 Å². The smallest absolute Gasteiger partial charge is 0.164 e. The van der Waals surface area contributed by atoms with Crippen LogP contribution in [0.3, 0.4) is 0 Å². The molecule has 0 spiro atoms. The van der Waals surface area contributed by atoms with Gasteiger partial charge in [-0.25, -0.2) is 15.0 Å². The van der Waals surface area contributed by atoms with Crippen molar-refractivity contribution in [3.8, 4) is 45.3 Å². The molecule has 1 aromatic heterocycles. The highest BCUT2D eigenvalue weighted by Gasteiger charge is 2.16. The fourth-order valence-electron chi connectivity index (χ4n) is 6.53. The van der Waals surface area contributed by atoms with Gasteiger partial charge in [-0.1, -0.05) is 140 Å². The van der Waals surface area contributed by atoms with Gasteiger partial charge in [0.2, 0.25) is 0 Å². The Labute approximate surface area is 266 Å². The third-order valence-electron chi connectivity index (χ3n) is 8.85. The van der Waals surface area contributed by atoms with Crippen molar-refractivity contribution < 1.29 is 0 Å². The van der Waals surface area contributed by atoms with Gasteiger partial charge in [-0.05, 0) is 78.5 Å². The Bertz CT molecular complexity index is 2590. The molecule has 9 rings (SSSR count). The summed E-state index contributed by atoms with van der Waals surface area (Å²) in [4.78, 5) is 15.2. The minimum Gasteiger partial charge on any atom is -0.208 e. The second kappa shape index (κ2) is 10.8. The van der Waals surface area contributed by atoms with Crippen LogP contribution in [0.2, 0.25) is 0 Å². The Morgan fingerprint density at radius 3 is 1.52 bits per heavy atom. The molecule has 3 nitrogen and oxygen atoms in total. The fraction of sp³-hybridized carbons (Fsp3) is 0. The predicted octanol–water partition coefficient (Wildman–Crippen LogP) is 11.2. The van der Waals surface area contributed by atoms with E-state index in [0.29, 0.717) is 17.5 Å². The maximum atomic E-state index is 5.14. The lowest BCUT2D eigenvalue weighted by Gasteiger charge is -2.13. The zero-order valence-corrected chi connectivity index (χ0v) is 24.9. The Morgan fingerprint density at radius 1 is 0.261 bits per heavy atom. The van der Waals surface area contributed by atoms with E-state index in [0.717, 1.165) is 32.8 Å². The van der Waals surface area contributed by atoms with E-state index in [2.05, 4.69) is 146 Å². The Morgan fingerprint density at radius 2 is 0.761 bits per heavy atom. The number of hydrogen-bond acceptors (Lipinski definition) is 3. The summed E-state index contributed by atoms with van der Waals surface area (Å²) < 4.78 is 0. The molecule has 46 heavy (non-hydrogen) atoms. The molecule has 0 aliphatic rings. The van der Waals surface area contributed by atoms with Gasteiger partial charge in [0.15, 0.2) is 17.5 Å². The topological polar surface area (TPSA) is 38.7 Å². The lowest BCUT2D eigenvalue weighted by atomic mass is 9.94. The average molecular weight is 586 g/mol. The molecule has 0 bridgehead atoms. The maximum absolute atomic E-state index is 5.14. The molecule has 1 heterocycles. The molecular weight excluding hydrogens is 558 g/mol. The van der Waals surface area contributed by atoms with Gasteiger partial charge in [-0.2, -0.15) is 0 Å². The highest BCUT2D eigenvalue weighted by molar-refractivity contribution is 6.05. The van der Waals surface area contributed by atoms with Crippen LogP contribution in [0.5, 0.6) is 0 Å². The van der Waals surface area contributed by atoms with E-state index in [1.165, 1.54) is 38.1 Å². The van der Waals surface area contributed by atoms with Gasteiger partial charge < -0.3 is 0 Å². The molecular formula is C43H27N3. The Balaban J connectivity index is 1.23. The van der Waals surface area contributed by atoms with Crippen LogP contribution >= 0.6 is 0 Å². The van der Waals surface area contributed by atoms with Crippen molar-refractivity contribution in [1.82, 2.24) is 15.0 Å². The average Bonchev–Trinajstić information content (AvgIpc) is 3.13. The standard InChI is InChI=1S/C43H27N3/c1-2-11-29(12-3-1)41-44-42(35-23-21-33-24-31-14-6-7-15-32(31)26-36(33)27-35)46-43(45-41)40-19-9-17-38-37(16-8-18-39(38)40)34-22-20-28-10-4-5-13-30(28)25-34/h1-27H. The van der Waals surface area contributed by atoms with Crippen LogP contribution in [0.1, 0.15) is 0 Å². The summed E-state index contributed by atoms with van der Waals surface area (Å²) in [5, 5.41) is 9.53. The molecule has 0 aliphatic heterocycles. The molecule has 0 radical (unpaired) electrons. The monoisotopic (exact) mass is 585 g/mol. The van der Waals surface area contributed by atoms with Gasteiger partial charge in [-0.3, -0.25) is 0 Å². The zero-order chi connectivity index (χ0) is 30.5. The second-order valence-electron chi connectivity index (χ2n) is 11.7. The highest BCUT2D eigenvalue weighted by Crippen LogP contribution is 2.36. The predicted molar refractivity (Wildman–Crippen MR) is 192 cm³/mol. The van der Waals surface area contributed by atoms with E-state index in [-0.39, 0.29) is 0 Å². The molecule has 3 heteroatoms. The van der Waals surface area contributed by atoms with Crippen LogP contribution in [0.25, 0.3) is 88.4 Å². The van der Waals surface area contributed by atoms with Crippen molar-refractivity contribution in [2.45, 2.75) is 0 Å². The first-order valence-electron chi connectivity index (χ1n) is 15.5. The van der Waals surface area contributed by atoms with Gasteiger partial charge in [0.25, 0.3) is 0 Å². The van der Waals surface area contributed by atoms with Gasteiger partial charge in [0.1, 0.15) is 0 Å². The molecule has 0 N–H and O–H groups in total. The van der Waals surface area contributed by atoms with E-state index >= 15 is 0 Å². The van der Waals surface area contributed by atoms with Gasteiger partial charge in [-0.15, -0.1) is 0 Å². The molecule has 0 saturated carbocycles. The number of hydrogen-bond donors (Lipinski definition) is 0. The van der Waals surface area contributed by atoms with Gasteiger partial charge in [0.05, 0.1) is 0 Å². The van der Waals surface area contributed by atoms with Crippen LogP contribution < -0.4 is 0 Å². The highest BCUT2D eigenvalue weighted by atomic mass is 15.0. The lowest BCUT2D eigenvalue weighted by molar-refractivity contribution is 1.08. The van der Waals surface area contributed by atoms with Crippen LogP contribution in [-0.2, 0) is 0 Å². The molecule has 9 aromatic rings. The summed E-state index contributed by atoms with van der Waals surface area (Å²) in [6.07, 6.45) is 0. The van der Waals surface area contributed by atoms with E-state index < -0.39 is 0 Å². The molecule has 0 fully saturated rings. The minimum atomic E-state index is 0.654. The molecule has 0 atom stereocenters. The zero-order valence-electron chi connectivity index (χ0n) is 24.9. The number of nitrogens with zero attached hydrogens (tertiary/aromatic N) is 3. The maximum Gasteiger partial charge on any atom is 0.164 e. The summed E-state index contributed by atoms with van der Waals surface area (Å²) in [7, 11) is 0. The molecule has 214 valence electrons. The molecule has 8 aromatic carbocycles. The summed E-state index contributed by atoms with van der Waals surface area (Å²) in [6.45, 7) is 0. The summed E-state index contributed by atoms with van der Waals surface area (Å²) in [5.74, 6) is 1.97. The number of benzene rings is 8. The summed E-state index contributed by atoms with van der Waals surface area (Å²) in [5.41, 5.74) is 5.26. The molecule has 0 aliphatic carbocycles. The SMILES string of the molecule is c1ccc(-c2nc(-c3ccc4cc5ccccc5cc4c3)nc(-c3cccc4c(-c5ccc6ccccc6c5)cccc34)n2)cc1. The Hall–Kier alpha value is -6.19. The van der Waals surface area contributed by atoms with E-state index in [4.69, 9.17) is 15.0 Å². The lowest BCUT2D eigenvalue weighted by Crippen LogP contribution is -2.00. The van der Waals surface area contributed by atoms with Crippen molar-refractivity contribution in [3.63, 3.8) is 0 Å². The van der Waals surface area contributed by atoms with E-state index in [1.54, 1.807) is 0 Å². The quantitative estimate of drug-likeness (QED) is 0.193. The van der Waals surface area contributed by atoms with E-state index in [1.807, 2.05) is 18.2 Å². The van der Waals surface area contributed by atoms with Crippen LogP contribution in [0.4, 0.5) is 0 Å². The first-order valence-corrected chi connectivity index (χ1v) is 15.5. The van der Waals surface area contributed by atoms with E-state index in [9.17, 15) is 0 Å². The van der Waals surface area contributed by atoms with Crippen molar-refractivity contribution in [2.75, 3.05) is 0 Å². The van der Waals surface area contributed by atoms with Crippen molar-refractivity contribution >= 4 is 43.1 Å². The van der Waals surface area contributed by atoms with Crippen molar-refractivity contribution in [1.29, 1.82) is 0 Å². The number of aromatic nitrogens is 3. The third kappa shape index (κ3) is 4.58. The van der Waals surface area contributed by atoms with Gasteiger partial charge in [0, 0.05) is 16.7 Å². The summed E-state index contributed by atoms with van der Waals surface area (Å²) in [6, 6.07) is 57.7. The third-order valence-corrected chi connectivity index (χ3v) is 8.85. The largest absolute Gasteiger partial charge is 0.208 e. The van der Waals surface area contributed by atoms with Crippen LogP contribution in [0.15, 0.2) is 164 Å². The van der Waals surface area contributed by atoms with Crippen molar-refractivity contribution in [3.05, 3.63) is 164 Å². The number of rotatable bonds is 4. The first kappa shape index (κ1) is 26.2. The molecule has 0 unspecified atom stereocenters. The molecule has 0 amide bonds. The normalized spacial score (nSPS) is 11.5. The first-order chi connectivity index (χ1) is 22.8. The minimum absolute atomic E-state index is 0.654. The van der Waals surface area contributed by atoms with Crippen molar-refractivity contribution in [2.24, 2.45) is 0 Å². The van der Waals surface area contributed by atoms with Gasteiger partial charge >= 0.3 is 0 Å². The summed E-state index contributed by atoms with van der Waals surface area (Å²) >= 11 is 0. The number of fused-ring (bicyclic) bond motifs is 4. The van der Waals surface area contributed by atoms with Crippen LogP contribution in [0, 0.1) is 0 Å².